The van der Waals surface area contributed by atoms with E-state index in [1.54, 1.807) is 24.3 Å². The maximum atomic E-state index is 12.6. The molecule has 0 saturated carbocycles. The quantitative estimate of drug-likeness (QED) is 0.396. The number of carbonyl (C=O) groups is 3. The van der Waals surface area contributed by atoms with Gasteiger partial charge in [-0.1, -0.05) is 44.0 Å². The molecule has 124 valence electrons. The summed E-state index contributed by atoms with van der Waals surface area (Å²) in [6, 6.07) is 10.2. The molecule has 0 atom stereocenters. The molecule has 0 unspecified atom stereocenters. The number of hydroxylamine groups is 1. The van der Waals surface area contributed by atoms with Crippen molar-refractivity contribution in [1.82, 2.24) is 10.2 Å². The lowest BCUT2D eigenvalue weighted by molar-refractivity contribution is -0.209. The third kappa shape index (κ3) is 2.55. The van der Waals surface area contributed by atoms with Crippen molar-refractivity contribution in [2.45, 2.75) is 32.6 Å². The Morgan fingerprint density at radius 2 is 1.62 bits per heavy atom. The van der Waals surface area contributed by atoms with Crippen molar-refractivity contribution >= 4 is 28.5 Å². The molecular weight excluding hydrogens is 308 g/mol. The van der Waals surface area contributed by atoms with Crippen LogP contribution in [0.2, 0.25) is 0 Å². The normalized spacial score (nSPS) is 13.5. The summed E-state index contributed by atoms with van der Waals surface area (Å²) in [5.74, 6) is -2.07. The van der Waals surface area contributed by atoms with E-state index >= 15 is 0 Å². The Hall–Kier alpha value is -2.73. The smallest absolute Gasteiger partial charge is 0.270 e. The number of hydrogen-bond donors (Lipinski definition) is 1. The fourth-order valence-corrected chi connectivity index (χ4v) is 2.93. The first-order valence-electron chi connectivity index (χ1n) is 7.98. The predicted molar refractivity (Wildman–Crippen MR) is 87.2 cm³/mol. The molecule has 6 heteroatoms. The minimum Gasteiger partial charge on any atom is -0.270 e. The molecule has 1 aliphatic heterocycles. The Morgan fingerprint density at radius 3 is 2.17 bits per heavy atom. The van der Waals surface area contributed by atoms with Gasteiger partial charge < -0.3 is 0 Å². The average Bonchev–Trinajstić information content (AvgIpc) is 2.59. The van der Waals surface area contributed by atoms with Crippen molar-refractivity contribution in [1.29, 1.82) is 0 Å². The lowest BCUT2D eigenvalue weighted by atomic mass is 9.95. The van der Waals surface area contributed by atoms with Gasteiger partial charge in [-0.05, 0) is 23.9 Å². The van der Waals surface area contributed by atoms with Gasteiger partial charge in [0.05, 0.1) is 11.1 Å². The van der Waals surface area contributed by atoms with Gasteiger partial charge >= 0.3 is 0 Å². The zero-order valence-electron chi connectivity index (χ0n) is 13.4. The van der Waals surface area contributed by atoms with Crippen molar-refractivity contribution in [3.63, 3.8) is 0 Å². The first kappa shape index (κ1) is 16.1. The van der Waals surface area contributed by atoms with E-state index < -0.39 is 17.7 Å². The zero-order valence-corrected chi connectivity index (χ0v) is 13.4. The van der Waals surface area contributed by atoms with Gasteiger partial charge in [0.25, 0.3) is 17.7 Å². The van der Waals surface area contributed by atoms with Crippen LogP contribution in [-0.4, -0.2) is 33.1 Å². The molecule has 3 rings (SSSR count). The molecule has 0 fully saturated rings. The SMILES string of the molecule is CCCCCC(=O)N(O)N1C(=O)c2cccc3cccc(c23)C1=O. The van der Waals surface area contributed by atoms with E-state index in [2.05, 4.69) is 0 Å². The second-order valence-corrected chi connectivity index (χ2v) is 5.77. The molecule has 1 aliphatic rings. The number of hydrazine groups is 1. The van der Waals surface area contributed by atoms with E-state index in [9.17, 15) is 19.6 Å². The average molecular weight is 326 g/mol. The number of unbranched alkanes of at least 4 members (excludes halogenated alkanes) is 2. The molecule has 0 spiro atoms. The van der Waals surface area contributed by atoms with E-state index in [0.717, 1.165) is 18.2 Å². The van der Waals surface area contributed by atoms with Crippen LogP contribution in [0.4, 0.5) is 0 Å². The number of rotatable bonds is 5. The molecule has 24 heavy (non-hydrogen) atoms. The fourth-order valence-electron chi connectivity index (χ4n) is 2.93. The van der Waals surface area contributed by atoms with Gasteiger partial charge in [0.15, 0.2) is 0 Å². The number of nitrogens with zero attached hydrogens (tertiary/aromatic N) is 2. The van der Waals surface area contributed by atoms with Gasteiger partial charge in [-0.3, -0.25) is 19.6 Å². The number of hydrogen-bond acceptors (Lipinski definition) is 4. The molecule has 2 aromatic carbocycles. The highest BCUT2D eigenvalue weighted by Crippen LogP contribution is 2.30. The van der Waals surface area contributed by atoms with E-state index in [1.807, 2.05) is 19.1 Å². The summed E-state index contributed by atoms with van der Waals surface area (Å²) in [6.45, 7) is 2.00. The summed E-state index contributed by atoms with van der Waals surface area (Å²) in [6.07, 6.45) is 2.43. The summed E-state index contributed by atoms with van der Waals surface area (Å²) >= 11 is 0. The van der Waals surface area contributed by atoms with E-state index in [-0.39, 0.29) is 11.6 Å². The van der Waals surface area contributed by atoms with Crippen molar-refractivity contribution in [2.75, 3.05) is 0 Å². The highest BCUT2D eigenvalue weighted by atomic mass is 16.6. The maximum Gasteiger partial charge on any atom is 0.282 e. The largest absolute Gasteiger partial charge is 0.282 e. The molecule has 2 aromatic rings. The molecule has 1 N–H and O–H groups in total. The van der Waals surface area contributed by atoms with Crippen LogP contribution >= 0.6 is 0 Å². The summed E-state index contributed by atoms with van der Waals surface area (Å²) in [4.78, 5) is 37.4. The number of amides is 3. The van der Waals surface area contributed by atoms with Gasteiger partial charge in [0.2, 0.25) is 0 Å². The zero-order chi connectivity index (χ0) is 17.3. The molecule has 0 aromatic heterocycles. The van der Waals surface area contributed by atoms with Crippen LogP contribution in [0.15, 0.2) is 36.4 Å². The third-order valence-corrected chi connectivity index (χ3v) is 4.16. The second kappa shape index (κ2) is 6.41. The minimum absolute atomic E-state index is 0.0766. The van der Waals surface area contributed by atoms with E-state index in [0.29, 0.717) is 27.9 Å². The lowest BCUT2D eigenvalue weighted by Gasteiger charge is -2.31. The lowest BCUT2D eigenvalue weighted by Crippen LogP contribution is -2.52. The highest BCUT2D eigenvalue weighted by Gasteiger charge is 2.38. The molecule has 0 bridgehead atoms. The summed E-state index contributed by atoms with van der Waals surface area (Å²) < 4.78 is 0. The summed E-state index contributed by atoms with van der Waals surface area (Å²) in [5, 5.41) is 12.1. The monoisotopic (exact) mass is 326 g/mol. The summed E-state index contributed by atoms with van der Waals surface area (Å²) in [5.41, 5.74) is 0.589. The van der Waals surface area contributed by atoms with Crippen LogP contribution in [-0.2, 0) is 4.79 Å². The Balaban J connectivity index is 1.96. The molecule has 1 heterocycles. The van der Waals surface area contributed by atoms with Crippen LogP contribution in [0.5, 0.6) is 0 Å². The summed E-state index contributed by atoms with van der Waals surface area (Å²) in [7, 11) is 0. The Labute approximate surface area is 139 Å². The van der Waals surface area contributed by atoms with Crippen LogP contribution < -0.4 is 0 Å². The number of benzene rings is 2. The Morgan fingerprint density at radius 1 is 1.04 bits per heavy atom. The first-order valence-corrected chi connectivity index (χ1v) is 7.98. The van der Waals surface area contributed by atoms with Crippen molar-refractivity contribution in [3.8, 4) is 0 Å². The van der Waals surface area contributed by atoms with Gasteiger partial charge in [0, 0.05) is 11.8 Å². The minimum atomic E-state index is -0.698. The van der Waals surface area contributed by atoms with Crippen molar-refractivity contribution in [2.24, 2.45) is 0 Å². The second-order valence-electron chi connectivity index (χ2n) is 5.77. The predicted octanol–water partition coefficient (Wildman–Crippen LogP) is 3.15. The molecule has 0 radical (unpaired) electrons. The molecule has 6 nitrogen and oxygen atoms in total. The van der Waals surface area contributed by atoms with Crippen molar-refractivity contribution < 1.29 is 19.6 Å². The van der Waals surface area contributed by atoms with Crippen molar-refractivity contribution in [3.05, 3.63) is 47.5 Å². The van der Waals surface area contributed by atoms with Crippen LogP contribution in [0.3, 0.4) is 0 Å². The fraction of sp³-hybridized carbons (Fsp3) is 0.278. The molecule has 0 aliphatic carbocycles. The topological polar surface area (TPSA) is 77.9 Å². The molecule has 3 amide bonds. The molecule has 0 saturated heterocycles. The van der Waals surface area contributed by atoms with Crippen LogP contribution in [0.25, 0.3) is 10.8 Å². The molecular formula is C18H18N2O4. The third-order valence-electron chi connectivity index (χ3n) is 4.16. The Bertz CT molecular complexity index is 780. The van der Waals surface area contributed by atoms with E-state index in [1.165, 1.54) is 0 Å². The standard InChI is InChI=1S/C18H18N2O4/c1-2-3-4-11-15(21)20(24)19-17(22)13-9-5-7-12-8-6-10-14(16(12)13)18(19)23/h5-10,24H,2-4,11H2,1H3. The van der Waals surface area contributed by atoms with Crippen LogP contribution in [0, 0.1) is 0 Å². The van der Waals surface area contributed by atoms with Gasteiger partial charge in [0.1, 0.15) is 0 Å². The Kier molecular flexibility index (Phi) is 4.31. The van der Waals surface area contributed by atoms with E-state index in [4.69, 9.17) is 0 Å². The van der Waals surface area contributed by atoms with Gasteiger partial charge in [-0.2, -0.15) is 5.01 Å². The first-order chi connectivity index (χ1) is 11.6. The van der Waals surface area contributed by atoms with Gasteiger partial charge in [-0.25, -0.2) is 0 Å². The van der Waals surface area contributed by atoms with Crippen LogP contribution in [0.1, 0.15) is 53.3 Å². The number of carbonyl (C=O) groups excluding carboxylic acids is 3. The highest BCUT2D eigenvalue weighted by molar-refractivity contribution is 6.25. The number of imide groups is 1. The maximum absolute atomic E-state index is 12.6. The van der Waals surface area contributed by atoms with Gasteiger partial charge in [-0.15, -0.1) is 5.17 Å².